The van der Waals surface area contributed by atoms with Gasteiger partial charge in [0, 0.05) is 19.3 Å². The van der Waals surface area contributed by atoms with E-state index in [2.05, 4.69) is 10.2 Å². The number of aryl methyl sites for hydroxylation is 1. The molecule has 0 aliphatic carbocycles. The standard InChI is InChI=1S/C5H10N4S.BrH/c1-9-4-7-8-5(9)10-3-2-6;/h4H,2-3,6H2,1H3;1H. The van der Waals surface area contributed by atoms with Gasteiger partial charge in [0.25, 0.3) is 0 Å². The lowest BCUT2D eigenvalue weighted by Gasteiger charge is -1.95. The van der Waals surface area contributed by atoms with Crippen molar-refractivity contribution in [1.29, 1.82) is 0 Å². The molecule has 0 amide bonds. The van der Waals surface area contributed by atoms with Crippen molar-refractivity contribution in [3.05, 3.63) is 6.33 Å². The second-order valence-electron chi connectivity index (χ2n) is 1.86. The average Bonchev–Trinajstić information content (AvgIpc) is 2.31. The molecule has 1 heterocycles. The highest BCUT2D eigenvalue weighted by Crippen LogP contribution is 2.11. The first-order valence-corrected chi connectivity index (χ1v) is 4.00. The minimum Gasteiger partial charge on any atom is -0.330 e. The van der Waals surface area contributed by atoms with Crippen LogP contribution in [-0.4, -0.2) is 27.1 Å². The third-order valence-electron chi connectivity index (χ3n) is 1.02. The molecule has 0 atom stereocenters. The summed E-state index contributed by atoms with van der Waals surface area (Å²) in [5.74, 6) is 0.895. The van der Waals surface area contributed by atoms with Crippen molar-refractivity contribution >= 4 is 28.7 Å². The minimum absolute atomic E-state index is 0. The molecule has 6 heteroatoms. The van der Waals surface area contributed by atoms with Crippen molar-refractivity contribution < 1.29 is 0 Å². The Hall–Kier alpha value is -0.0700. The summed E-state index contributed by atoms with van der Waals surface area (Å²) in [4.78, 5) is 0. The molecule has 1 aromatic heterocycles. The highest BCUT2D eigenvalue weighted by atomic mass is 79.9. The summed E-state index contributed by atoms with van der Waals surface area (Å²) in [6.45, 7) is 0.678. The number of nitrogens with two attached hydrogens (primary N) is 1. The van der Waals surface area contributed by atoms with Gasteiger partial charge < -0.3 is 10.3 Å². The largest absolute Gasteiger partial charge is 0.330 e. The van der Waals surface area contributed by atoms with Gasteiger partial charge in [-0.25, -0.2) is 0 Å². The third-order valence-corrected chi connectivity index (χ3v) is 2.09. The molecule has 1 aromatic rings. The van der Waals surface area contributed by atoms with Crippen LogP contribution >= 0.6 is 28.7 Å². The van der Waals surface area contributed by atoms with Crippen molar-refractivity contribution in [3.8, 4) is 0 Å². The number of rotatable bonds is 3. The van der Waals surface area contributed by atoms with Gasteiger partial charge in [0.05, 0.1) is 0 Å². The lowest BCUT2D eigenvalue weighted by atomic mass is 10.8. The molecule has 11 heavy (non-hydrogen) atoms. The maximum absolute atomic E-state index is 5.32. The highest BCUT2D eigenvalue weighted by molar-refractivity contribution is 8.93. The minimum atomic E-state index is 0. The van der Waals surface area contributed by atoms with E-state index in [0.29, 0.717) is 6.54 Å². The molecular formula is C5H11BrN4S. The molecule has 0 aromatic carbocycles. The Balaban J connectivity index is 0.000001000. The van der Waals surface area contributed by atoms with Gasteiger partial charge in [0.2, 0.25) is 0 Å². The van der Waals surface area contributed by atoms with Gasteiger partial charge in [0.15, 0.2) is 5.16 Å². The molecule has 64 valence electrons. The SMILES string of the molecule is Br.Cn1cnnc1SCCN. The van der Waals surface area contributed by atoms with Crippen molar-refractivity contribution in [2.45, 2.75) is 5.16 Å². The van der Waals surface area contributed by atoms with Gasteiger partial charge >= 0.3 is 0 Å². The summed E-state index contributed by atoms with van der Waals surface area (Å²) in [5, 5.41) is 8.52. The molecule has 1 rings (SSSR count). The second kappa shape index (κ2) is 5.56. The molecule has 0 saturated heterocycles. The quantitative estimate of drug-likeness (QED) is 0.778. The van der Waals surface area contributed by atoms with E-state index in [9.17, 15) is 0 Å². The number of hydrogen-bond donors (Lipinski definition) is 1. The fraction of sp³-hybridized carbons (Fsp3) is 0.600. The second-order valence-corrected chi connectivity index (χ2v) is 2.92. The first kappa shape index (κ1) is 10.9. The van der Waals surface area contributed by atoms with Crippen LogP contribution < -0.4 is 5.73 Å². The third kappa shape index (κ3) is 3.22. The number of halogens is 1. The molecule has 0 spiro atoms. The van der Waals surface area contributed by atoms with Crippen LogP contribution in [0.1, 0.15) is 0 Å². The van der Waals surface area contributed by atoms with E-state index in [-0.39, 0.29) is 17.0 Å². The molecular weight excluding hydrogens is 228 g/mol. The Labute approximate surface area is 80.3 Å². The monoisotopic (exact) mass is 238 g/mol. The van der Waals surface area contributed by atoms with Gasteiger partial charge in [-0.2, -0.15) is 0 Å². The van der Waals surface area contributed by atoms with Crippen LogP contribution in [0.4, 0.5) is 0 Å². The molecule has 0 aliphatic heterocycles. The topological polar surface area (TPSA) is 56.7 Å². The Morgan fingerprint density at radius 2 is 2.45 bits per heavy atom. The lowest BCUT2D eigenvalue weighted by molar-refractivity contribution is 0.788. The highest BCUT2D eigenvalue weighted by Gasteiger charge is 1.97. The lowest BCUT2D eigenvalue weighted by Crippen LogP contribution is -2.02. The Morgan fingerprint density at radius 3 is 2.91 bits per heavy atom. The van der Waals surface area contributed by atoms with E-state index in [1.165, 1.54) is 0 Å². The molecule has 0 radical (unpaired) electrons. The van der Waals surface area contributed by atoms with E-state index < -0.39 is 0 Å². The summed E-state index contributed by atoms with van der Waals surface area (Å²) in [6, 6.07) is 0. The van der Waals surface area contributed by atoms with E-state index >= 15 is 0 Å². The van der Waals surface area contributed by atoms with E-state index in [1.807, 2.05) is 11.6 Å². The number of aromatic nitrogens is 3. The van der Waals surface area contributed by atoms with E-state index in [1.54, 1.807) is 18.1 Å². The number of thioether (sulfide) groups is 1. The molecule has 4 nitrogen and oxygen atoms in total. The van der Waals surface area contributed by atoms with Crippen LogP contribution in [0.5, 0.6) is 0 Å². The van der Waals surface area contributed by atoms with Crippen LogP contribution in [-0.2, 0) is 7.05 Å². The Kier molecular flexibility index (Phi) is 5.53. The molecule has 0 saturated carbocycles. The molecule has 0 aliphatic rings. The Morgan fingerprint density at radius 1 is 1.73 bits per heavy atom. The van der Waals surface area contributed by atoms with Gasteiger partial charge in [-0.15, -0.1) is 27.2 Å². The number of hydrogen-bond acceptors (Lipinski definition) is 4. The molecule has 0 fully saturated rings. The van der Waals surface area contributed by atoms with Crippen LogP contribution in [0, 0.1) is 0 Å². The van der Waals surface area contributed by atoms with Crippen LogP contribution in [0.2, 0.25) is 0 Å². The van der Waals surface area contributed by atoms with Crippen molar-refractivity contribution in [3.63, 3.8) is 0 Å². The zero-order chi connectivity index (χ0) is 7.40. The molecule has 0 bridgehead atoms. The van der Waals surface area contributed by atoms with Gasteiger partial charge in [-0.1, -0.05) is 11.8 Å². The maximum Gasteiger partial charge on any atom is 0.190 e. The summed E-state index contributed by atoms with van der Waals surface area (Å²) >= 11 is 1.62. The summed E-state index contributed by atoms with van der Waals surface area (Å²) in [7, 11) is 1.92. The number of nitrogens with zero attached hydrogens (tertiary/aromatic N) is 3. The van der Waals surface area contributed by atoms with Crippen molar-refractivity contribution in [2.24, 2.45) is 12.8 Å². The van der Waals surface area contributed by atoms with Gasteiger partial charge in [-0.05, 0) is 0 Å². The van der Waals surface area contributed by atoms with E-state index in [4.69, 9.17) is 5.73 Å². The molecule has 2 N–H and O–H groups in total. The zero-order valence-electron chi connectivity index (χ0n) is 6.23. The summed E-state index contributed by atoms with van der Waals surface area (Å²) in [5.41, 5.74) is 5.32. The first-order chi connectivity index (χ1) is 4.84. The fourth-order valence-corrected chi connectivity index (χ4v) is 1.21. The Bertz CT molecular complexity index is 202. The van der Waals surface area contributed by atoms with Crippen molar-refractivity contribution in [1.82, 2.24) is 14.8 Å². The fourth-order valence-electron chi connectivity index (χ4n) is 0.553. The zero-order valence-corrected chi connectivity index (χ0v) is 8.76. The van der Waals surface area contributed by atoms with Crippen LogP contribution in [0.3, 0.4) is 0 Å². The van der Waals surface area contributed by atoms with Gasteiger partial charge in [-0.3, -0.25) is 0 Å². The predicted octanol–water partition coefficient (Wildman–Crippen LogP) is 0.444. The summed E-state index contributed by atoms with van der Waals surface area (Å²) in [6.07, 6.45) is 1.68. The van der Waals surface area contributed by atoms with Gasteiger partial charge in [0.1, 0.15) is 6.33 Å². The smallest absolute Gasteiger partial charge is 0.190 e. The van der Waals surface area contributed by atoms with Crippen molar-refractivity contribution in [2.75, 3.05) is 12.3 Å². The maximum atomic E-state index is 5.32. The van der Waals surface area contributed by atoms with E-state index in [0.717, 1.165) is 10.9 Å². The van der Waals surface area contributed by atoms with Crippen LogP contribution in [0.15, 0.2) is 11.5 Å². The predicted molar refractivity (Wildman–Crippen MR) is 51.1 cm³/mol. The summed E-state index contributed by atoms with van der Waals surface area (Å²) < 4.78 is 1.88. The normalized spacial score (nSPS) is 9.27. The average molecular weight is 239 g/mol. The first-order valence-electron chi connectivity index (χ1n) is 3.01. The molecule has 0 unspecified atom stereocenters. The van der Waals surface area contributed by atoms with Crippen LogP contribution in [0.25, 0.3) is 0 Å².